The summed E-state index contributed by atoms with van der Waals surface area (Å²) in [6, 6.07) is 4.65. The Hall–Kier alpha value is -1.40. The summed E-state index contributed by atoms with van der Waals surface area (Å²) in [6.07, 6.45) is 6.92. The molecule has 110 valence electrons. The van der Waals surface area contributed by atoms with Crippen LogP contribution in [0.2, 0.25) is 0 Å². The first-order valence-corrected chi connectivity index (χ1v) is 8.38. The lowest BCUT2D eigenvalue weighted by Crippen LogP contribution is -2.06. The highest BCUT2D eigenvalue weighted by Gasteiger charge is 2.36. The molecule has 0 unspecified atom stereocenters. The summed E-state index contributed by atoms with van der Waals surface area (Å²) in [6.45, 7) is 1.95. The van der Waals surface area contributed by atoms with E-state index in [1.807, 2.05) is 19.2 Å². The van der Waals surface area contributed by atoms with Crippen molar-refractivity contribution >= 4 is 11.8 Å². The number of pyridine rings is 1. The second-order valence-corrected chi connectivity index (χ2v) is 7.07. The van der Waals surface area contributed by atoms with Gasteiger partial charge in [0.2, 0.25) is 0 Å². The summed E-state index contributed by atoms with van der Waals surface area (Å²) >= 11 is 1.66. The van der Waals surface area contributed by atoms with Crippen molar-refractivity contribution in [3.8, 4) is 0 Å². The van der Waals surface area contributed by atoms with E-state index >= 15 is 0 Å². The molecule has 2 saturated carbocycles. The molecule has 2 N–H and O–H groups in total. The van der Waals surface area contributed by atoms with Crippen LogP contribution in [0.3, 0.4) is 0 Å². The Morgan fingerprint density at radius 2 is 2.05 bits per heavy atom. The predicted octanol–water partition coefficient (Wildman–Crippen LogP) is 3.06. The Balaban J connectivity index is 1.59. The maximum atomic E-state index is 5.84. The third-order valence-electron chi connectivity index (χ3n) is 3.98. The summed E-state index contributed by atoms with van der Waals surface area (Å²) < 4.78 is 2.36. The van der Waals surface area contributed by atoms with Gasteiger partial charge in [-0.2, -0.15) is 0 Å². The lowest BCUT2D eigenvalue weighted by Gasteiger charge is -2.08. The number of hydrogen-bond donors (Lipinski definition) is 1. The fourth-order valence-corrected chi connectivity index (χ4v) is 3.36. The fraction of sp³-hybridized carbons (Fsp3) is 0.533. The van der Waals surface area contributed by atoms with Crippen LogP contribution >= 0.6 is 11.8 Å². The number of hydrogen-bond acceptors (Lipinski definition) is 5. The van der Waals surface area contributed by atoms with Gasteiger partial charge in [-0.1, -0.05) is 0 Å². The van der Waals surface area contributed by atoms with Gasteiger partial charge in [0.15, 0.2) is 5.16 Å². The molecule has 0 bridgehead atoms. The van der Waals surface area contributed by atoms with Gasteiger partial charge in [-0.15, -0.1) is 10.2 Å². The van der Waals surface area contributed by atoms with Crippen molar-refractivity contribution in [2.75, 3.05) is 0 Å². The molecule has 0 aromatic carbocycles. The zero-order chi connectivity index (χ0) is 14.4. The average molecular weight is 301 g/mol. The van der Waals surface area contributed by atoms with Crippen LogP contribution in [-0.4, -0.2) is 19.7 Å². The maximum Gasteiger partial charge on any atom is 0.196 e. The minimum atomic E-state index is -0.0272. The van der Waals surface area contributed by atoms with Crippen molar-refractivity contribution in [3.63, 3.8) is 0 Å². The standard InChI is InChI=1S/C15H19N5S/c1-9(16)13-7-6-12(8-17-13)21-15-19-18-14(10-2-3-10)20(15)11-4-5-11/h6-11H,2-5,16H2,1H3/t9-/m1/s1. The first kappa shape index (κ1) is 13.3. The molecule has 0 aliphatic heterocycles. The van der Waals surface area contributed by atoms with E-state index in [1.54, 1.807) is 11.8 Å². The first-order chi connectivity index (χ1) is 10.2. The fourth-order valence-electron chi connectivity index (χ4n) is 2.48. The van der Waals surface area contributed by atoms with Crippen molar-refractivity contribution < 1.29 is 0 Å². The molecule has 1 atom stereocenters. The van der Waals surface area contributed by atoms with Gasteiger partial charge >= 0.3 is 0 Å². The Kier molecular flexibility index (Phi) is 3.23. The molecule has 2 heterocycles. The van der Waals surface area contributed by atoms with Crippen LogP contribution < -0.4 is 5.73 Å². The third kappa shape index (κ3) is 2.70. The van der Waals surface area contributed by atoms with E-state index in [2.05, 4.69) is 25.8 Å². The van der Waals surface area contributed by atoms with Crippen LogP contribution in [0, 0.1) is 0 Å². The molecule has 0 saturated heterocycles. The summed E-state index contributed by atoms with van der Waals surface area (Å²) in [5, 5.41) is 9.86. The van der Waals surface area contributed by atoms with Crippen LogP contribution in [0.1, 0.15) is 62.1 Å². The van der Waals surface area contributed by atoms with Crippen molar-refractivity contribution in [2.24, 2.45) is 5.73 Å². The quantitative estimate of drug-likeness (QED) is 0.919. The van der Waals surface area contributed by atoms with Gasteiger partial charge in [-0.25, -0.2) is 0 Å². The monoisotopic (exact) mass is 301 g/mol. The van der Waals surface area contributed by atoms with Crippen LogP contribution in [0.25, 0.3) is 0 Å². The summed E-state index contributed by atoms with van der Waals surface area (Å²) in [5.74, 6) is 1.84. The van der Waals surface area contributed by atoms with Crippen molar-refractivity contribution in [3.05, 3.63) is 29.8 Å². The Morgan fingerprint density at radius 3 is 2.62 bits per heavy atom. The zero-order valence-corrected chi connectivity index (χ0v) is 12.9. The van der Waals surface area contributed by atoms with E-state index in [9.17, 15) is 0 Å². The molecule has 2 fully saturated rings. The third-order valence-corrected chi connectivity index (χ3v) is 4.92. The highest BCUT2D eigenvalue weighted by molar-refractivity contribution is 7.99. The molecule has 4 rings (SSSR count). The largest absolute Gasteiger partial charge is 0.323 e. The number of rotatable bonds is 5. The minimum Gasteiger partial charge on any atom is -0.323 e. The van der Waals surface area contributed by atoms with Crippen molar-refractivity contribution in [1.29, 1.82) is 0 Å². The van der Waals surface area contributed by atoms with E-state index in [0.29, 0.717) is 12.0 Å². The minimum absolute atomic E-state index is 0.0272. The molecule has 2 aromatic rings. The first-order valence-electron chi connectivity index (χ1n) is 7.56. The molecule has 0 amide bonds. The summed E-state index contributed by atoms with van der Waals surface area (Å²) in [5.41, 5.74) is 6.75. The van der Waals surface area contributed by atoms with Crippen LogP contribution in [0.15, 0.2) is 28.4 Å². The second-order valence-electron chi connectivity index (χ2n) is 6.03. The van der Waals surface area contributed by atoms with E-state index in [4.69, 9.17) is 5.73 Å². The SMILES string of the molecule is C[C@@H](N)c1ccc(Sc2nnc(C3CC3)n2C2CC2)cn1. The highest BCUT2D eigenvalue weighted by atomic mass is 32.2. The summed E-state index contributed by atoms with van der Waals surface area (Å²) in [7, 11) is 0. The van der Waals surface area contributed by atoms with Gasteiger partial charge < -0.3 is 10.3 Å². The molecule has 6 heteroatoms. The lowest BCUT2D eigenvalue weighted by atomic mass is 10.2. The smallest absolute Gasteiger partial charge is 0.196 e. The maximum absolute atomic E-state index is 5.84. The normalized spacial score (nSPS) is 19.7. The van der Waals surface area contributed by atoms with Crippen LogP contribution in [-0.2, 0) is 0 Å². The van der Waals surface area contributed by atoms with E-state index in [0.717, 1.165) is 15.7 Å². The van der Waals surface area contributed by atoms with E-state index in [-0.39, 0.29) is 6.04 Å². The number of nitrogens with zero attached hydrogens (tertiary/aromatic N) is 4. The Bertz CT molecular complexity index is 641. The molecular formula is C15H19N5S. The van der Waals surface area contributed by atoms with E-state index < -0.39 is 0 Å². The van der Waals surface area contributed by atoms with Crippen molar-refractivity contribution in [2.45, 2.75) is 60.7 Å². The molecule has 0 radical (unpaired) electrons. The Morgan fingerprint density at radius 1 is 1.24 bits per heavy atom. The van der Waals surface area contributed by atoms with E-state index in [1.165, 1.54) is 31.5 Å². The molecule has 2 aromatic heterocycles. The number of nitrogens with two attached hydrogens (primary N) is 1. The molecule has 2 aliphatic carbocycles. The van der Waals surface area contributed by atoms with Gasteiger partial charge in [0.05, 0.1) is 5.69 Å². The van der Waals surface area contributed by atoms with Gasteiger partial charge in [0.25, 0.3) is 0 Å². The lowest BCUT2D eigenvalue weighted by molar-refractivity contribution is 0.627. The molecule has 0 spiro atoms. The Labute approximate surface area is 128 Å². The van der Waals surface area contributed by atoms with Gasteiger partial charge in [-0.3, -0.25) is 4.98 Å². The predicted molar refractivity (Wildman–Crippen MR) is 81.2 cm³/mol. The second kappa shape index (κ2) is 5.10. The summed E-state index contributed by atoms with van der Waals surface area (Å²) in [4.78, 5) is 5.51. The highest BCUT2D eigenvalue weighted by Crippen LogP contribution is 2.46. The zero-order valence-electron chi connectivity index (χ0n) is 12.1. The average Bonchev–Trinajstić information content (AvgIpc) is 3.39. The van der Waals surface area contributed by atoms with Crippen LogP contribution in [0.5, 0.6) is 0 Å². The molecular weight excluding hydrogens is 282 g/mol. The van der Waals surface area contributed by atoms with Gasteiger partial charge in [-0.05, 0) is 56.5 Å². The van der Waals surface area contributed by atoms with Crippen LogP contribution in [0.4, 0.5) is 0 Å². The molecule has 2 aliphatic rings. The topological polar surface area (TPSA) is 69.6 Å². The number of aromatic nitrogens is 4. The van der Waals surface area contributed by atoms with Crippen molar-refractivity contribution in [1.82, 2.24) is 19.7 Å². The molecule has 21 heavy (non-hydrogen) atoms. The van der Waals surface area contributed by atoms with Gasteiger partial charge in [0.1, 0.15) is 5.82 Å². The van der Waals surface area contributed by atoms with Gasteiger partial charge in [0, 0.05) is 29.1 Å². The molecule has 5 nitrogen and oxygen atoms in total.